The zero-order chi connectivity index (χ0) is 20.3. The van der Waals surface area contributed by atoms with Crippen LogP contribution >= 0.6 is 11.3 Å². The first kappa shape index (κ1) is 20.3. The quantitative estimate of drug-likeness (QED) is 0.814. The molecule has 28 heavy (non-hydrogen) atoms. The number of rotatable bonds is 3. The fourth-order valence-corrected chi connectivity index (χ4v) is 3.69. The molecule has 8 heteroatoms. The first-order chi connectivity index (χ1) is 13.2. The van der Waals surface area contributed by atoms with Gasteiger partial charge in [0.25, 0.3) is 0 Å². The van der Waals surface area contributed by atoms with E-state index in [1.807, 2.05) is 20.8 Å². The van der Waals surface area contributed by atoms with Crippen LogP contribution in [0.4, 0.5) is 14.3 Å². The SMILES string of the molecule is CC(C)(C)OC(=O)N1CCC(C(=O)Nc2nc(-c3cccc(F)c3)cs2)CC1. The molecule has 0 atom stereocenters. The number of thiazole rings is 1. The molecule has 1 saturated heterocycles. The van der Waals surface area contributed by atoms with Crippen molar-refractivity contribution in [2.45, 2.75) is 39.2 Å². The summed E-state index contributed by atoms with van der Waals surface area (Å²) in [6, 6.07) is 6.19. The van der Waals surface area contributed by atoms with Crippen LogP contribution in [0.5, 0.6) is 0 Å². The van der Waals surface area contributed by atoms with Gasteiger partial charge >= 0.3 is 6.09 Å². The van der Waals surface area contributed by atoms with Crippen molar-refractivity contribution in [3.8, 4) is 11.3 Å². The lowest BCUT2D eigenvalue weighted by molar-refractivity contribution is -0.121. The molecule has 1 aromatic heterocycles. The highest BCUT2D eigenvalue weighted by Crippen LogP contribution is 2.27. The lowest BCUT2D eigenvalue weighted by Crippen LogP contribution is -2.43. The van der Waals surface area contributed by atoms with E-state index >= 15 is 0 Å². The van der Waals surface area contributed by atoms with Crippen LogP contribution < -0.4 is 5.32 Å². The number of hydrogen-bond donors (Lipinski definition) is 1. The molecule has 0 radical (unpaired) electrons. The Hall–Kier alpha value is -2.48. The molecule has 0 saturated carbocycles. The molecule has 2 heterocycles. The van der Waals surface area contributed by atoms with Gasteiger partial charge in [0.05, 0.1) is 5.69 Å². The van der Waals surface area contributed by atoms with Crippen molar-refractivity contribution in [1.29, 1.82) is 0 Å². The van der Waals surface area contributed by atoms with Crippen LogP contribution in [-0.2, 0) is 9.53 Å². The van der Waals surface area contributed by atoms with E-state index in [1.165, 1.54) is 23.5 Å². The van der Waals surface area contributed by atoms with Gasteiger partial charge in [0.1, 0.15) is 11.4 Å². The molecule has 150 valence electrons. The largest absolute Gasteiger partial charge is 0.444 e. The molecule has 6 nitrogen and oxygen atoms in total. The number of anilines is 1. The summed E-state index contributed by atoms with van der Waals surface area (Å²) in [7, 11) is 0. The number of nitrogens with one attached hydrogen (secondary N) is 1. The van der Waals surface area contributed by atoms with Crippen LogP contribution in [0.3, 0.4) is 0 Å². The van der Waals surface area contributed by atoms with Gasteiger partial charge in [0.2, 0.25) is 5.91 Å². The molecule has 0 unspecified atom stereocenters. The van der Waals surface area contributed by atoms with Gasteiger partial charge in [-0.1, -0.05) is 12.1 Å². The van der Waals surface area contributed by atoms with Gasteiger partial charge in [-0.05, 0) is 45.7 Å². The van der Waals surface area contributed by atoms with Crippen LogP contribution in [0, 0.1) is 11.7 Å². The number of halogens is 1. The number of hydrogen-bond acceptors (Lipinski definition) is 5. The number of carbonyl (C=O) groups is 2. The van der Waals surface area contributed by atoms with Crippen LogP contribution in [0.2, 0.25) is 0 Å². The van der Waals surface area contributed by atoms with E-state index in [-0.39, 0.29) is 23.7 Å². The highest BCUT2D eigenvalue weighted by atomic mass is 32.1. The van der Waals surface area contributed by atoms with Crippen molar-refractivity contribution >= 4 is 28.5 Å². The maximum Gasteiger partial charge on any atom is 0.410 e. The third-order valence-electron chi connectivity index (χ3n) is 4.37. The molecule has 0 spiro atoms. The predicted octanol–water partition coefficient (Wildman–Crippen LogP) is 4.53. The van der Waals surface area contributed by atoms with Gasteiger partial charge in [-0.25, -0.2) is 14.2 Å². The van der Waals surface area contributed by atoms with Crippen LogP contribution in [0.15, 0.2) is 29.6 Å². The number of ether oxygens (including phenoxy) is 1. The van der Waals surface area contributed by atoms with E-state index in [0.29, 0.717) is 42.3 Å². The molecule has 1 fully saturated rings. The fraction of sp³-hybridized carbons (Fsp3) is 0.450. The number of carbonyl (C=O) groups excluding carboxylic acids is 2. The summed E-state index contributed by atoms with van der Waals surface area (Å²) in [5.41, 5.74) is 0.761. The number of benzene rings is 1. The Morgan fingerprint density at radius 2 is 2.00 bits per heavy atom. The second-order valence-electron chi connectivity index (χ2n) is 7.78. The molecule has 1 aliphatic heterocycles. The van der Waals surface area contributed by atoms with Crippen molar-refractivity contribution in [3.05, 3.63) is 35.5 Å². The average Bonchev–Trinajstić information content (AvgIpc) is 3.09. The van der Waals surface area contributed by atoms with Crippen molar-refractivity contribution < 1.29 is 18.7 Å². The number of piperidine rings is 1. The maximum absolute atomic E-state index is 13.4. The Kier molecular flexibility index (Phi) is 5.98. The first-order valence-electron chi connectivity index (χ1n) is 9.21. The molecule has 2 aromatic rings. The summed E-state index contributed by atoms with van der Waals surface area (Å²) in [6.07, 6.45) is 0.812. The second kappa shape index (κ2) is 8.26. The molecular weight excluding hydrogens is 381 g/mol. The van der Waals surface area contributed by atoms with Gasteiger partial charge < -0.3 is 15.0 Å². The Balaban J connectivity index is 1.53. The number of likely N-dealkylation sites (tertiary alicyclic amines) is 1. The van der Waals surface area contributed by atoms with E-state index in [1.54, 1.807) is 22.4 Å². The first-order valence-corrected chi connectivity index (χ1v) is 10.1. The molecular formula is C20H24FN3O3S. The smallest absolute Gasteiger partial charge is 0.410 e. The highest BCUT2D eigenvalue weighted by Gasteiger charge is 2.30. The van der Waals surface area contributed by atoms with Crippen molar-refractivity contribution in [2.75, 3.05) is 18.4 Å². The van der Waals surface area contributed by atoms with Gasteiger partial charge in [0, 0.05) is 30.0 Å². The lowest BCUT2D eigenvalue weighted by atomic mass is 9.96. The molecule has 1 N–H and O–H groups in total. The Labute approximate surface area is 167 Å². The standard InChI is InChI=1S/C20H24FN3O3S/c1-20(2,3)27-19(26)24-9-7-13(8-10-24)17(25)23-18-22-16(12-28-18)14-5-4-6-15(21)11-14/h4-6,11-13H,7-10H2,1-3H3,(H,22,23,25). The lowest BCUT2D eigenvalue weighted by Gasteiger charge is -2.32. The molecule has 2 amide bonds. The van der Waals surface area contributed by atoms with Gasteiger partial charge in [-0.3, -0.25) is 4.79 Å². The molecule has 1 aromatic carbocycles. The Morgan fingerprint density at radius 1 is 1.29 bits per heavy atom. The summed E-state index contributed by atoms with van der Waals surface area (Å²) >= 11 is 1.30. The van der Waals surface area contributed by atoms with Gasteiger partial charge in [-0.2, -0.15) is 0 Å². The molecule has 0 aliphatic carbocycles. The summed E-state index contributed by atoms with van der Waals surface area (Å²) in [5, 5.41) is 5.11. The molecule has 1 aliphatic rings. The van der Waals surface area contributed by atoms with Crippen LogP contribution in [0.1, 0.15) is 33.6 Å². The summed E-state index contributed by atoms with van der Waals surface area (Å²) in [6.45, 7) is 6.46. The van der Waals surface area contributed by atoms with E-state index < -0.39 is 5.60 Å². The average molecular weight is 405 g/mol. The zero-order valence-corrected chi connectivity index (χ0v) is 17.0. The van der Waals surface area contributed by atoms with Crippen molar-refractivity contribution in [2.24, 2.45) is 5.92 Å². The van der Waals surface area contributed by atoms with E-state index in [9.17, 15) is 14.0 Å². The molecule has 3 rings (SSSR count). The number of amides is 2. The maximum atomic E-state index is 13.4. The Morgan fingerprint density at radius 3 is 2.64 bits per heavy atom. The number of nitrogens with zero attached hydrogens (tertiary/aromatic N) is 2. The van der Waals surface area contributed by atoms with Gasteiger partial charge in [0.15, 0.2) is 5.13 Å². The summed E-state index contributed by atoms with van der Waals surface area (Å²) in [5.74, 6) is -0.614. The van der Waals surface area contributed by atoms with E-state index in [2.05, 4.69) is 10.3 Å². The van der Waals surface area contributed by atoms with E-state index in [4.69, 9.17) is 4.74 Å². The normalized spacial score (nSPS) is 15.4. The molecule has 0 bridgehead atoms. The number of aromatic nitrogens is 1. The van der Waals surface area contributed by atoms with Crippen molar-refractivity contribution in [1.82, 2.24) is 9.88 Å². The zero-order valence-electron chi connectivity index (χ0n) is 16.2. The highest BCUT2D eigenvalue weighted by molar-refractivity contribution is 7.14. The second-order valence-corrected chi connectivity index (χ2v) is 8.64. The minimum atomic E-state index is -0.532. The fourth-order valence-electron chi connectivity index (χ4n) is 2.97. The minimum Gasteiger partial charge on any atom is -0.444 e. The topological polar surface area (TPSA) is 71.5 Å². The van der Waals surface area contributed by atoms with Crippen LogP contribution in [-0.4, -0.2) is 40.6 Å². The Bertz CT molecular complexity index is 854. The van der Waals surface area contributed by atoms with Crippen LogP contribution in [0.25, 0.3) is 11.3 Å². The third-order valence-corrected chi connectivity index (χ3v) is 5.13. The predicted molar refractivity (Wildman–Crippen MR) is 107 cm³/mol. The van der Waals surface area contributed by atoms with Gasteiger partial charge in [-0.15, -0.1) is 11.3 Å². The monoisotopic (exact) mass is 405 g/mol. The van der Waals surface area contributed by atoms with E-state index in [0.717, 1.165) is 0 Å². The summed E-state index contributed by atoms with van der Waals surface area (Å²) < 4.78 is 18.7. The van der Waals surface area contributed by atoms with Crippen molar-refractivity contribution in [3.63, 3.8) is 0 Å². The summed E-state index contributed by atoms with van der Waals surface area (Å²) in [4.78, 5) is 30.7. The third kappa shape index (κ3) is 5.28. The minimum absolute atomic E-state index is 0.107.